The smallest absolute Gasteiger partial charge is 0.477 e. The number of benzene rings is 1. The van der Waals surface area contributed by atoms with Crippen molar-refractivity contribution in [1.29, 1.82) is 0 Å². The third-order valence-electron chi connectivity index (χ3n) is 1.63. The van der Waals surface area contributed by atoms with Gasteiger partial charge in [0.05, 0.1) is 5.56 Å². The maximum absolute atomic E-state index is 10.5. The number of hydrogen-bond donors (Lipinski definition) is 3. The zero-order valence-electron chi connectivity index (χ0n) is 7.12. The largest absolute Gasteiger partial charge is 0.478 e. The average molecular weight is 193 g/mol. The third kappa shape index (κ3) is 2.59. The quantitative estimate of drug-likeness (QED) is 0.512. The molecule has 0 fully saturated rings. The molecular formula is C7H7B2O5. The highest BCUT2D eigenvalue weighted by Gasteiger charge is 2.16. The molecule has 0 heterocycles. The van der Waals surface area contributed by atoms with Gasteiger partial charge < -0.3 is 19.7 Å². The van der Waals surface area contributed by atoms with Gasteiger partial charge in [-0.25, -0.2) is 4.79 Å². The van der Waals surface area contributed by atoms with Gasteiger partial charge in [0.1, 0.15) is 0 Å². The van der Waals surface area contributed by atoms with Gasteiger partial charge in [-0.15, -0.1) is 0 Å². The second-order valence-electron chi connectivity index (χ2n) is 2.52. The summed E-state index contributed by atoms with van der Waals surface area (Å²) in [6.07, 6.45) is 0. The molecule has 7 heteroatoms. The van der Waals surface area contributed by atoms with Gasteiger partial charge in [0.15, 0.2) is 0 Å². The number of rotatable bonds is 4. The second kappa shape index (κ2) is 4.80. The minimum atomic E-state index is -1.29. The van der Waals surface area contributed by atoms with Gasteiger partial charge in [0.25, 0.3) is 0 Å². The van der Waals surface area contributed by atoms with Crippen LogP contribution >= 0.6 is 0 Å². The van der Waals surface area contributed by atoms with Crippen molar-refractivity contribution in [3.05, 3.63) is 29.8 Å². The minimum absolute atomic E-state index is 0.119. The van der Waals surface area contributed by atoms with Crippen LogP contribution in [0.25, 0.3) is 0 Å². The lowest BCUT2D eigenvalue weighted by atomic mass is 9.78. The maximum atomic E-state index is 10.5. The van der Waals surface area contributed by atoms with Crippen molar-refractivity contribution < 1.29 is 24.5 Å². The number of hydrogen-bond acceptors (Lipinski definition) is 4. The molecule has 0 atom stereocenters. The number of aromatic carboxylic acids is 1. The van der Waals surface area contributed by atoms with E-state index in [1.807, 2.05) is 0 Å². The summed E-state index contributed by atoms with van der Waals surface area (Å²) in [4.78, 5) is 10.5. The normalized spacial score (nSPS) is 9.57. The first-order valence-electron chi connectivity index (χ1n) is 3.78. The van der Waals surface area contributed by atoms with Crippen molar-refractivity contribution in [2.75, 3.05) is 0 Å². The summed E-state index contributed by atoms with van der Waals surface area (Å²) in [6.45, 7) is 0. The summed E-state index contributed by atoms with van der Waals surface area (Å²) in [5, 5.41) is 26.0. The fraction of sp³-hybridized carbons (Fsp3) is 0. The molecule has 0 unspecified atom stereocenters. The lowest BCUT2D eigenvalue weighted by Crippen LogP contribution is -2.34. The van der Waals surface area contributed by atoms with E-state index in [-0.39, 0.29) is 5.56 Å². The molecule has 0 saturated heterocycles. The molecule has 0 saturated carbocycles. The molecule has 0 aliphatic heterocycles. The van der Waals surface area contributed by atoms with Crippen LogP contribution in [0.3, 0.4) is 0 Å². The van der Waals surface area contributed by atoms with Crippen LogP contribution in [0.5, 0.6) is 0 Å². The lowest BCUT2D eigenvalue weighted by Gasteiger charge is -2.04. The van der Waals surface area contributed by atoms with Crippen molar-refractivity contribution in [2.45, 2.75) is 0 Å². The summed E-state index contributed by atoms with van der Waals surface area (Å²) in [5.41, 5.74) is 0.481. The van der Waals surface area contributed by atoms with Gasteiger partial charge in [0, 0.05) is 0 Å². The Kier molecular flexibility index (Phi) is 3.70. The summed E-state index contributed by atoms with van der Waals surface area (Å²) in [5.74, 6) is -1.04. The van der Waals surface area contributed by atoms with Crippen LogP contribution in [0.4, 0.5) is 0 Å². The van der Waals surface area contributed by atoms with Crippen molar-refractivity contribution in [1.82, 2.24) is 0 Å². The molecule has 1 rings (SSSR count). The first-order chi connectivity index (χ1) is 6.65. The summed E-state index contributed by atoms with van der Waals surface area (Å²) in [6, 6.07) is 5.47. The Labute approximate surface area is 81.4 Å². The SMILES string of the molecule is O=C(O)c1ccc(B(O)O[B]O)cc1. The molecule has 0 aromatic heterocycles. The van der Waals surface area contributed by atoms with E-state index in [2.05, 4.69) is 4.57 Å². The van der Waals surface area contributed by atoms with E-state index in [1.54, 1.807) is 0 Å². The molecule has 0 aliphatic carbocycles. The van der Waals surface area contributed by atoms with Gasteiger partial charge in [0.2, 0.25) is 0 Å². The third-order valence-corrected chi connectivity index (χ3v) is 1.63. The Balaban J connectivity index is 2.77. The Morgan fingerprint density at radius 3 is 2.36 bits per heavy atom. The van der Waals surface area contributed by atoms with Gasteiger partial charge in [-0.1, -0.05) is 12.1 Å². The second-order valence-corrected chi connectivity index (χ2v) is 2.52. The molecule has 3 N–H and O–H groups in total. The monoisotopic (exact) mass is 193 g/mol. The molecule has 1 aromatic rings. The molecular weight excluding hydrogens is 186 g/mol. The molecule has 71 valence electrons. The van der Waals surface area contributed by atoms with Crippen LogP contribution < -0.4 is 5.46 Å². The molecule has 1 aromatic carbocycles. The van der Waals surface area contributed by atoms with E-state index < -0.39 is 13.1 Å². The molecule has 0 spiro atoms. The average Bonchev–Trinajstić information content (AvgIpc) is 2.18. The Morgan fingerprint density at radius 1 is 1.36 bits per heavy atom. The van der Waals surface area contributed by atoms with E-state index in [0.29, 0.717) is 13.1 Å². The number of carboxylic acid groups (broad SMARTS) is 1. The van der Waals surface area contributed by atoms with Crippen molar-refractivity contribution in [3.63, 3.8) is 0 Å². The molecule has 0 bridgehead atoms. The van der Waals surface area contributed by atoms with E-state index in [1.165, 1.54) is 24.3 Å². The fourth-order valence-corrected chi connectivity index (χ4v) is 0.927. The van der Waals surface area contributed by atoms with E-state index in [0.717, 1.165) is 0 Å². The highest BCUT2D eigenvalue weighted by Crippen LogP contribution is 1.97. The fourth-order valence-electron chi connectivity index (χ4n) is 0.927. The minimum Gasteiger partial charge on any atom is -0.478 e. The first-order valence-corrected chi connectivity index (χ1v) is 3.78. The Bertz CT molecular complexity index is 312. The van der Waals surface area contributed by atoms with Gasteiger partial charge in [-0.05, 0) is 17.6 Å². The highest BCUT2D eigenvalue weighted by molar-refractivity contribution is 6.63. The van der Waals surface area contributed by atoms with Crippen LogP contribution in [0.15, 0.2) is 24.3 Å². The molecule has 0 aliphatic rings. The summed E-state index contributed by atoms with van der Waals surface area (Å²) >= 11 is 0. The van der Waals surface area contributed by atoms with Crippen molar-refractivity contribution in [3.8, 4) is 0 Å². The first kappa shape index (κ1) is 10.8. The predicted molar refractivity (Wildman–Crippen MR) is 50.1 cm³/mol. The van der Waals surface area contributed by atoms with Gasteiger partial charge in [-0.2, -0.15) is 0 Å². The van der Waals surface area contributed by atoms with Gasteiger partial charge >= 0.3 is 20.8 Å². The topological polar surface area (TPSA) is 87.0 Å². The van der Waals surface area contributed by atoms with E-state index in [9.17, 15) is 9.82 Å². The maximum Gasteiger partial charge on any atom is 0.477 e. The summed E-state index contributed by atoms with van der Waals surface area (Å²) in [7, 11) is -0.918. The van der Waals surface area contributed by atoms with Crippen LogP contribution in [0.1, 0.15) is 10.4 Å². The zero-order chi connectivity index (χ0) is 10.6. The number of carboxylic acids is 1. The van der Waals surface area contributed by atoms with Crippen LogP contribution in [0.2, 0.25) is 0 Å². The van der Waals surface area contributed by atoms with E-state index >= 15 is 0 Å². The molecule has 0 amide bonds. The van der Waals surface area contributed by atoms with Crippen molar-refractivity contribution >= 4 is 26.2 Å². The van der Waals surface area contributed by atoms with E-state index in [4.69, 9.17) is 10.1 Å². The standard InChI is InChI=1S/C7H7B2O5/c10-7(11)5-1-3-6(4-2-5)9(13)14-8-12/h1-4,12-13H,(H,10,11). The molecule has 1 radical (unpaired) electrons. The van der Waals surface area contributed by atoms with Crippen LogP contribution in [-0.2, 0) is 4.57 Å². The Hall–Kier alpha value is -1.30. The molecule has 5 nitrogen and oxygen atoms in total. The lowest BCUT2D eigenvalue weighted by molar-refractivity contribution is 0.0697. The van der Waals surface area contributed by atoms with Crippen molar-refractivity contribution in [2.24, 2.45) is 0 Å². The van der Waals surface area contributed by atoms with Crippen LogP contribution in [0, 0.1) is 0 Å². The highest BCUT2D eigenvalue weighted by atomic mass is 16.5. The zero-order valence-corrected chi connectivity index (χ0v) is 7.12. The molecule has 14 heavy (non-hydrogen) atoms. The van der Waals surface area contributed by atoms with Gasteiger partial charge in [-0.3, -0.25) is 0 Å². The number of carbonyl (C=O) groups is 1. The van der Waals surface area contributed by atoms with Crippen LogP contribution in [-0.4, -0.2) is 35.9 Å². The Morgan fingerprint density at radius 2 is 1.93 bits per heavy atom. The predicted octanol–water partition coefficient (Wildman–Crippen LogP) is -1.38. The summed E-state index contributed by atoms with van der Waals surface area (Å²) < 4.78 is 4.37.